The third kappa shape index (κ3) is 5.67. The third-order valence-corrected chi connectivity index (χ3v) is 3.64. The summed E-state index contributed by atoms with van der Waals surface area (Å²) in [4.78, 5) is 11.2. The normalized spacial score (nSPS) is 9.88. The van der Waals surface area contributed by atoms with Gasteiger partial charge in [0.15, 0.2) is 0 Å². The van der Waals surface area contributed by atoms with Crippen LogP contribution in [-0.2, 0) is 9.53 Å². The highest BCUT2D eigenvalue weighted by atomic mass is 16.5. The Kier molecular flexibility index (Phi) is 7.74. The van der Waals surface area contributed by atoms with E-state index in [0.717, 1.165) is 22.3 Å². The fraction of sp³-hybridized carbons (Fsp3) is 0.167. The lowest BCUT2D eigenvalue weighted by Crippen LogP contribution is -1.98. The highest BCUT2D eigenvalue weighted by molar-refractivity contribution is 5.82. The lowest BCUT2D eigenvalue weighted by atomic mass is 9.95. The molecule has 0 atom stereocenters. The summed E-state index contributed by atoms with van der Waals surface area (Å²) in [6, 6.07) is 18.0. The van der Waals surface area contributed by atoms with E-state index < -0.39 is 0 Å². The van der Waals surface area contributed by atoms with Crippen LogP contribution in [0.25, 0.3) is 5.57 Å². The van der Waals surface area contributed by atoms with Gasteiger partial charge in [0.05, 0.1) is 6.61 Å². The molecule has 2 aromatic rings. The Morgan fingerprint density at radius 3 is 2.58 bits per heavy atom. The Labute approximate surface area is 155 Å². The zero-order valence-electron chi connectivity index (χ0n) is 15.0. The molecule has 0 aliphatic heterocycles. The maximum atomic E-state index is 11.2. The highest BCUT2D eigenvalue weighted by Gasteiger charge is 2.07. The molecular formula is C24H22O2. The minimum Gasteiger partial charge on any atom is -0.463 e. The van der Waals surface area contributed by atoms with E-state index in [1.165, 1.54) is 6.08 Å². The number of hydrogen-bond acceptors (Lipinski definition) is 2. The predicted octanol–water partition coefficient (Wildman–Crippen LogP) is 5.15. The van der Waals surface area contributed by atoms with Crippen molar-refractivity contribution < 1.29 is 9.53 Å². The van der Waals surface area contributed by atoms with Gasteiger partial charge in [-0.25, -0.2) is 4.79 Å². The summed E-state index contributed by atoms with van der Waals surface area (Å²) in [5.41, 5.74) is 7.01. The van der Waals surface area contributed by atoms with Gasteiger partial charge in [-0.05, 0) is 25.0 Å². The number of carbonyl (C=O) groups is 1. The summed E-state index contributed by atoms with van der Waals surface area (Å²) >= 11 is 0. The zero-order valence-corrected chi connectivity index (χ0v) is 15.0. The average molecular weight is 342 g/mol. The number of ether oxygens (including phenoxy) is 1. The van der Waals surface area contributed by atoms with Gasteiger partial charge in [-0.3, -0.25) is 0 Å². The van der Waals surface area contributed by atoms with Gasteiger partial charge in [-0.15, -0.1) is 5.73 Å². The molecule has 0 aliphatic rings. The summed E-state index contributed by atoms with van der Waals surface area (Å²) in [5.74, 6) is 6.08. The van der Waals surface area contributed by atoms with Crippen molar-refractivity contribution >= 4 is 11.5 Å². The number of esters is 1. The molecule has 0 unspecified atom stereocenters. The molecule has 0 fully saturated rings. The molecule has 130 valence electrons. The van der Waals surface area contributed by atoms with Crippen LogP contribution in [0.4, 0.5) is 0 Å². The van der Waals surface area contributed by atoms with Crippen LogP contribution in [0, 0.1) is 11.8 Å². The first kappa shape index (κ1) is 19.1. The number of unbranched alkanes of at least 4 members (excludes halogenated alkanes) is 1. The molecule has 2 aromatic carbocycles. The second kappa shape index (κ2) is 10.6. The first-order chi connectivity index (χ1) is 12.8. The molecule has 0 N–H and O–H groups in total. The summed E-state index contributed by atoms with van der Waals surface area (Å²) in [7, 11) is 0. The Balaban J connectivity index is 2.11. The van der Waals surface area contributed by atoms with Gasteiger partial charge in [-0.2, -0.15) is 0 Å². The topological polar surface area (TPSA) is 26.3 Å². The van der Waals surface area contributed by atoms with Gasteiger partial charge in [0.2, 0.25) is 0 Å². The van der Waals surface area contributed by atoms with E-state index in [2.05, 4.69) is 24.2 Å². The lowest BCUT2D eigenvalue weighted by molar-refractivity contribution is -0.137. The van der Waals surface area contributed by atoms with Crippen molar-refractivity contribution in [2.24, 2.45) is 0 Å². The SMILES string of the molecule is C=C=C(c1ccccc1)c1ccccc1C#CCC/C=C/C(=O)OCC. The van der Waals surface area contributed by atoms with E-state index in [0.29, 0.717) is 19.4 Å². The summed E-state index contributed by atoms with van der Waals surface area (Å²) < 4.78 is 4.84. The smallest absolute Gasteiger partial charge is 0.330 e. The Bertz CT molecular complexity index is 873. The minimum absolute atomic E-state index is 0.311. The number of rotatable bonds is 6. The molecule has 2 rings (SSSR count). The molecule has 2 heteroatoms. The van der Waals surface area contributed by atoms with E-state index in [-0.39, 0.29) is 5.97 Å². The predicted molar refractivity (Wildman–Crippen MR) is 106 cm³/mol. The molecule has 0 saturated heterocycles. The number of hydrogen-bond donors (Lipinski definition) is 0. The van der Waals surface area contributed by atoms with Crippen molar-refractivity contribution in [2.45, 2.75) is 19.8 Å². The Morgan fingerprint density at radius 1 is 1.12 bits per heavy atom. The van der Waals surface area contributed by atoms with E-state index in [9.17, 15) is 4.79 Å². The van der Waals surface area contributed by atoms with Crippen molar-refractivity contribution in [2.75, 3.05) is 6.61 Å². The van der Waals surface area contributed by atoms with Gasteiger partial charge < -0.3 is 4.74 Å². The van der Waals surface area contributed by atoms with E-state index in [1.54, 1.807) is 13.0 Å². The fourth-order valence-electron chi connectivity index (χ4n) is 2.45. The van der Waals surface area contributed by atoms with Gasteiger partial charge >= 0.3 is 5.97 Å². The van der Waals surface area contributed by atoms with Gasteiger partial charge in [-0.1, -0.05) is 73.0 Å². The van der Waals surface area contributed by atoms with Gasteiger partial charge in [0.1, 0.15) is 0 Å². The number of benzene rings is 2. The molecule has 0 radical (unpaired) electrons. The zero-order chi connectivity index (χ0) is 18.6. The molecule has 0 aromatic heterocycles. The van der Waals surface area contributed by atoms with E-state index in [4.69, 9.17) is 4.74 Å². The van der Waals surface area contributed by atoms with Crippen LogP contribution in [0.5, 0.6) is 0 Å². The fourth-order valence-corrected chi connectivity index (χ4v) is 2.45. The third-order valence-electron chi connectivity index (χ3n) is 3.64. The first-order valence-electron chi connectivity index (χ1n) is 8.63. The summed E-state index contributed by atoms with van der Waals surface area (Å²) in [6.45, 7) is 6.02. The van der Waals surface area contributed by atoms with Crippen LogP contribution < -0.4 is 0 Å². The number of carbonyl (C=O) groups excluding carboxylic acids is 1. The average Bonchev–Trinajstić information content (AvgIpc) is 2.67. The van der Waals surface area contributed by atoms with Crippen molar-refractivity contribution in [1.29, 1.82) is 0 Å². The second-order valence-electron chi connectivity index (χ2n) is 5.46. The molecule has 2 nitrogen and oxygen atoms in total. The highest BCUT2D eigenvalue weighted by Crippen LogP contribution is 2.24. The summed E-state index contributed by atoms with van der Waals surface area (Å²) in [6.07, 6.45) is 4.62. The van der Waals surface area contributed by atoms with E-state index in [1.807, 2.05) is 54.6 Å². The van der Waals surface area contributed by atoms with Crippen molar-refractivity contribution in [3.8, 4) is 11.8 Å². The monoisotopic (exact) mass is 342 g/mol. The molecule has 0 spiro atoms. The maximum Gasteiger partial charge on any atom is 0.330 e. The molecule has 26 heavy (non-hydrogen) atoms. The molecule has 0 bridgehead atoms. The molecule has 0 aliphatic carbocycles. The van der Waals surface area contributed by atoms with Crippen LogP contribution in [0.15, 0.2) is 79.1 Å². The van der Waals surface area contributed by atoms with Crippen LogP contribution in [0.2, 0.25) is 0 Å². The van der Waals surface area contributed by atoms with Crippen molar-refractivity contribution in [3.63, 3.8) is 0 Å². The Morgan fingerprint density at radius 2 is 1.85 bits per heavy atom. The first-order valence-corrected chi connectivity index (χ1v) is 8.63. The van der Waals surface area contributed by atoms with Crippen molar-refractivity contribution in [1.82, 2.24) is 0 Å². The lowest BCUT2D eigenvalue weighted by Gasteiger charge is -2.08. The van der Waals surface area contributed by atoms with Crippen LogP contribution in [-0.4, -0.2) is 12.6 Å². The molecular weight excluding hydrogens is 320 g/mol. The van der Waals surface area contributed by atoms with Crippen LogP contribution >= 0.6 is 0 Å². The van der Waals surface area contributed by atoms with E-state index >= 15 is 0 Å². The largest absolute Gasteiger partial charge is 0.463 e. The molecule has 0 heterocycles. The molecule has 0 amide bonds. The summed E-state index contributed by atoms with van der Waals surface area (Å²) in [5, 5.41) is 0. The van der Waals surface area contributed by atoms with Gasteiger partial charge in [0.25, 0.3) is 0 Å². The maximum absolute atomic E-state index is 11.2. The molecule has 0 saturated carbocycles. The van der Waals surface area contributed by atoms with Crippen LogP contribution in [0.3, 0.4) is 0 Å². The Hall–Kier alpha value is -3.27. The quantitative estimate of drug-likeness (QED) is 0.238. The van der Waals surface area contributed by atoms with Gasteiger partial charge in [0, 0.05) is 29.2 Å². The van der Waals surface area contributed by atoms with Crippen LogP contribution in [0.1, 0.15) is 36.5 Å². The standard InChI is InChI=1S/C24H22O2/c1-3-22(20-14-9-7-10-15-20)23-18-13-12-17-21(23)16-8-5-6-11-19-24(25)26-4-2/h7,9-15,17-19H,1,4-6H2,2H3/b19-11+. The minimum atomic E-state index is -0.311. The number of allylic oxidation sites excluding steroid dienone is 1. The second-order valence-corrected chi connectivity index (χ2v) is 5.46. The van der Waals surface area contributed by atoms with Crippen molar-refractivity contribution in [3.05, 3.63) is 95.7 Å².